The third-order valence-electron chi connectivity index (χ3n) is 3.51. The molecule has 1 heterocycles. The molecule has 0 saturated heterocycles. The molecule has 0 radical (unpaired) electrons. The Balaban J connectivity index is 1.89. The molecule has 0 amide bonds. The van der Waals surface area contributed by atoms with E-state index in [9.17, 15) is 18.0 Å². The van der Waals surface area contributed by atoms with E-state index < -0.39 is 17.5 Å². The largest absolute Gasteiger partial charge is 0.416 e. The van der Waals surface area contributed by atoms with E-state index in [1.165, 1.54) is 24.4 Å². The van der Waals surface area contributed by atoms with Crippen molar-refractivity contribution >= 4 is 39.9 Å². The molecule has 2 aromatic carbocycles. The van der Waals surface area contributed by atoms with Crippen molar-refractivity contribution in [2.24, 2.45) is 0 Å². The smallest absolute Gasteiger partial charge is 0.279 e. The van der Waals surface area contributed by atoms with E-state index in [2.05, 4.69) is 16.8 Å². The Morgan fingerprint density at radius 1 is 1.00 bits per heavy atom. The number of carbonyl (C=O) groups is 1. The van der Waals surface area contributed by atoms with Gasteiger partial charge in [0.2, 0.25) is 5.78 Å². The van der Waals surface area contributed by atoms with Gasteiger partial charge in [-0.2, -0.15) is 13.2 Å². The highest BCUT2D eigenvalue weighted by Crippen LogP contribution is 2.31. The van der Waals surface area contributed by atoms with Crippen LogP contribution in [0.5, 0.6) is 0 Å². The minimum Gasteiger partial charge on any atom is -0.279 e. The second-order valence-electron chi connectivity index (χ2n) is 5.34. The Labute approximate surface area is 156 Å². The molecule has 7 heteroatoms. The predicted molar refractivity (Wildman–Crippen MR) is 94.4 cm³/mol. The van der Waals surface area contributed by atoms with E-state index in [0.29, 0.717) is 21.0 Å². The fourth-order valence-electron chi connectivity index (χ4n) is 2.20. The summed E-state index contributed by atoms with van der Waals surface area (Å²) in [7, 11) is 0. The number of Topliss-reactive ketones (excluding diaryl/α,β-unsaturated/α-hetero) is 1. The zero-order valence-corrected chi connectivity index (χ0v) is 14.4. The molecule has 0 N–H and O–H groups in total. The molecular weight excluding hydrogens is 386 g/mol. The summed E-state index contributed by atoms with van der Waals surface area (Å²) in [5.74, 6) is 4.61. The van der Waals surface area contributed by atoms with Crippen LogP contribution < -0.4 is 0 Å². The Kier molecular flexibility index (Phi) is 4.90. The van der Waals surface area contributed by atoms with E-state index in [-0.39, 0.29) is 11.1 Å². The van der Waals surface area contributed by atoms with Crippen molar-refractivity contribution in [3.05, 3.63) is 75.4 Å². The van der Waals surface area contributed by atoms with Crippen molar-refractivity contribution in [2.45, 2.75) is 6.18 Å². The van der Waals surface area contributed by atoms with Crippen molar-refractivity contribution in [3.8, 4) is 11.8 Å². The first-order valence-corrected chi connectivity index (χ1v) is 7.98. The molecule has 0 fully saturated rings. The minimum atomic E-state index is -4.45. The molecule has 0 saturated carbocycles. The van der Waals surface area contributed by atoms with E-state index >= 15 is 0 Å². The van der Waals surface area contributed by atoms with Crippen molar-refractivity contribution in [1.29, 1.82) is 0 Å². The average molecular weight is 394 g/mol. The van der Waals surface area contributed by atoms with Crippen LogP contribution in [0.3, 0.4) is 0 Å². The van der Waals surface area contributed by atoms with Crippen LogP contribution in [0.25, 0.3) is 10.9 Å². The maximum atomic E-state index is 12.7. The maximum absolute atomic E-state index is 12.7. The summed E-state index contributed by atoms with van der Waals surface area (Å²) in [6, 6.07) is 9.31. The third-order valence-corrected chi connectivity index (χ3v) is 4.25. The molecule has 1 aromatic heterocycles. The number of nitrogens with zero attached hydrogens (tertiary/aromatic N) is 1. The number of alkyl halides is 3. The predicted octanol–water partition coefficient (Wildman–Crippen LogP) is 5.79. The summed E-state index contributed by atoms with van der Waals surface area (Å²) in [5.41, 5.74) is 0.0472. The number of benzene rings is 2. The number of rotatable bonds is 1. The molecule has 0 aliphatic heterocycles. The van der Waals surface area contributed by atoms with E-state index in [4.69, 9.17) is 23.2 Å². The van der Waals surface area contributed by atoms with E-state index in [1.54, 1.807) is 12.1 Å². The Morgan fingerprint density at radius 2 is 1.77 bits per heavy atom. The van der Waals surface area contributed by atoms with Gasteiger partial charge in [-0.15, -0.1) is 0 Å². The molecule has 26 heavy (non-hydrogen) atoms. The Hall–Kier alpha value is -2.55. The molecule has 3 rings (SSSR count). The lowest BCUT2D eigenvalue weighted by atomic mass is 10.1. The molecule has 3 aromatic rings. The van der Waals surface area contributed by atoms with Gasteiger partial charge in [0.05, 0.1) is 21.1 Å². The van der Waals surface area contributed by atoms with Crippen LogP contribution in [0.1, 0.15) is 21.5 Å². The summed E-state index contributed by atoms with van der Waals surface area (Å²) < 4.78 is 38.2. The van der Waals surface area contributed by atoms with Crippen molar-refractivity contribution in [2.75, 3.05) is 0 Å². The summed E-state index contributed by atoms with van der Waals surface area (Å²) in [4.78, 5) is 16.1. The van der Waals surface area contributed by atoms with Gasteiger partial charge in [-0.3, -0.25) is 9.78 Å². The van der Waals surface area contributed by atoms with Crippen LogP contribution in [-0.4, -0.2) is 10.8 Å². The number of aromatic nitrogens is 1. The zero-order valence-electron chi connectivity index (χ0n) is 12.9. The second kappa shape index (κ2) is 6.99. The first-order valence-electron chi connectivity index (χ1n) is 7.22. The van der Waals surface area contributed by atoms with Gasteiger partial charge in [-0.05, 0) is 42.3 Å². The molecule has 0 bridgehead atoms. The lowest BCUT2D eigenvalue weighted by Gasteiger charge is -2.07. The van der Waals surface area contributed by atoms with Crippen molar-refractivity contribution in [3.63, 3.8) is 0 Å². The molecule has 0 unspecified atom stereocenters. The molecule has 0 atom stereocenters. The monoisotopic (exact) mass is 393 g/mol. The average Bonchev–Trinajstić information content (AvgIpc) is 2.60. The molecule has 2 nitrogen and oxygen atoms in total. The lowest BCUT2D eigenvalue weighted by Crippen LogP contribution is -2.05. The fraction of sp³-hybridized carbons (Fsp3) is 0.0526. The first kappa shape index (κ1) is 18.2. The summed E-state index contributed by atoms with van der Waals surface area (Å²) in [6.07, 6.45) is -3.25. The van der Waals surface area contributed by atoms with Crippen molar-refractivity contribution in [1.82, 2.24) is 4.98 Å². The number of halogens is 5. The number of hydrogen-bond donors (Lipinski definition) is 0. The number of carbonyl (C=O) groups excluding carboxylic acids is 1. The molecular formula is C19H8Cl2F3NO. The number of fused-ring (bicyclic) bond motifs is 1. The maximum Gasteiger partial charge on any atom is 0.416 e. The number of pyridine rings is 1. The van der Waals surface area contributed by atoms with E-state index in [0.717, 1.165) is 12.1 Å². The first-order chi connectivity index (χ1) is 12.2. The standard InChI is InChI=1S/C19H8Cl2F3NO/c20-15-5-1-11(7-16(15)21)2-6-18(26)13-8-12-3-4-14(19(22,23)24)9-17(12)25-10-13/h1,3-5,7-10H. The lowest BCUT2D eigenvalue weighted by molar-refractivity contribution is -0.137. The Bertz CT molecular complexity index is 1080. The summed E-state index contributed by atoms with van der Waals surface area (Å²) in [5, 5.41) is 1.11. The topological polar surface area (TPSA) is 30.0 Å². The molecule has 0 aliphatic carbocycles. The van der Waals surface area contributed by atoms with Gasteiger partial charge < -0.3 is 0 Å². The van der Waals surface area contributed by atoms with Crippen LogP contribution >= 0.6 is 23.2 Å². The highest BCUT2D eigenvalue weighted by molar-refractivity contribution is 6.42. The van der Waals surface area contributed by atoms with E-state index in [1.807, 2.05) is 0 Å². The van der Waals surface area contributed by atoms with Gasteiger partial charge in [-0.1, -0.05) is 35.2 Å². The SMILES string of the molecule is O=C(C#Cc1ccc(Cl)c(Cl)c1)c1cnc2cc(C(F)(F)F)ccc2c1. The zero-order chi connectivity index (χ0) is 18.9. The number of ketones is 1. The highest BCUT2D eigenvalue weighted by Gasteiger charge is 2.30. The minimum absolute atomic E-state index is 0.147. The third kappa shape index (κ3) is 3.98. The van der Waals surface area contributed by atoms with Crippen LogP contribution in [-0.2, 0) is 6.18 Å². The second-order valence-corrected chi connectivity index (χ2v) is 6.15. The van der Waals surface area contributed by atoms with Crippen LogP contribution in [0.15, 0.2) is 48.7 Å². The van der Waals surface area contributed by atoms with Gasteiger partial charge in [-0.25, -0.2) is 0 Å². The fourth-order valence-corrected chi connectivity index (χ4v) is 2.49. The number of hydrogen-bond acceptors (Lipinski definition) is 2. The van der Waals surface area contributed by atoms with Gasteiger partial charge in [0.15, 0.2) is 0 Å². The molecule has 0 spiro atoms. The summed E-state index contributed by atoms with van der Waals surface area (Å²) in [6.45, 7) is 0. The van der Waals surface area contributed by atoms with Crippen molar-refractivity contribution < 1.29 is 18.0 Å². The Morgan fingerprint density at radius 3 is 2.46 bits per heavy atom. The summed E-state index contributed by atoms with van der Waals surface area (Å²) >= 11 is 11.7. The van der Waals surface area contributed by atoms with Gasteiger partial charge in [0.25, 0.3) is 0 Å². The van der Waals surface area contributed by atoms with Gasteiger partial charge in [0.1, 0.15) is 0 Å². The van der Waals surface area contributed by atoms with Gasteiger partial charge >= 0.3 is 6.18 Å². The van der Waals surface area contributed by atoms with Gasteiger partial charge in [0, 0.05) is 22.7 Å². The quantitative estimate of drug-likeness (QED) is 0.386. The van der Waals surface area contributed by atoms with Crippen LogP contribution in [0, 0.1) is 11.8 Å². The van der Waals surface area contributed by atoms with Crippen LogP contribution in [0.2, 0.25) is 10.0 Å². The normalized spacial score (nSPS) is 11.1. The molecule has 0 aliphatic rings. The molecule has 130 valence electrons. The van der Waals surface area contributed by atoms with Crippen LogP contribution in [0.4, 0.5) is 13.2 Å². The highest BCUT2D eigenvalue weighted by atomic mass is 35.5.